The zero-order chi connectivity index (χ0) is 14.7. The first kappa shape index (κ1) is 15.0. The van der Waals surface area contributed by atoms with Crippen molar-refractivity contribution in [1.82, 2.24) is 5.32 Å². The van der Waals surface area contributed by atoms with E-state index in [0.717, 1.165) is 45.5 Å². The van der Waals surface area contributed by atoms with Crippen molar-refractivity contribution in [2.45, 2.75) is 44.2 Å². The second-order valence-electron chi connectivity index (χ2n) is 6.45. The van der Waals surface area contributed by atoms with E-state index in [9.17, 15) is 0 Å². The van der Waals surface area contributed by atoms with Crippen LogP contribution in [0.5, 0.6) is 0 Å². The van der Waals surface area contributed by atoms with Gasteiger partial charge in [0.2, 0.25) is 0 Å². The highest BCUT2D eigenvalue weighted by atomic mass is 16.6. The van der Waals surface area contributed by atoms with E-state index in [1.165, 1.54) is 11.1 Å². The van der Waals surface area contributed by atoms with Gasteiger partial charge < -0.3 is 14.8 Å². The largest absolute Gasteiger partial charge is 0.378 e. The van der Waals surface area contributed by atoms with E-state index in [-0.39, 0.29) is 5.60 Å². The maximum atomic E-state index is 6.07. The Bertz CT molecular complexity index is 451. The minimum absolute atomic E-state index is 0.0125. The van der Waals surface area contributed by atoms with Gasteiger partial charge in [0, 0.05) is 25.7 Å². The lowest BCUT2D eigenvalue weighted by molar-refractivity contribution is -0.103. The van der Waals surface area contributed by atoms with Crippen LogP contribution < -0.4 is 5.32 Å². The molecule has 1 aromatic rings. The van der Waals surface area contributed by atoms with Crippen molar-refractivity contribution in [3.05, 3.63) is 35.4 Å². The second kappa shape index (κ2) is 6.47. The van der Waals surface area contributed by atoms with Crippen molar-refractivity contribution in [3.63, 3.8) is 0 Å². The van der Waals surface area contributed by atoms with Crippen molar-refractivity contribution < 1.29 is 9.47 Å². The smallest absolute Gasteiger partial charge is 0.0940 e. The van der Waals surface area contributed by atoms with Crippen LogP contribution in [0.3, 0.4) is 0 Å². The summed E-state index contributed by atoms with van der Waals surface area (Å²) in [7, 11) is 2.08. The molecule has 0 amide bonds. The molecule has 1 spiro atoms. The van der Waals surface area contributed by atoms with Gasteiger partial charge in [-0.3, -0.25) is 0 Å². The molecule has 2 aliphatic heterocycles. The van der Waals surface area contributed by atoms with E-state index < -0.39 is 0 Å². The average Bonchev–Trinajstić information content (AvgIpc) is 2.96. The number of nitrogens with one attached hydrogen (secondary N) is 1. The maximum Gasteiger partial charge on any atom is 0.0940 e. The molecule has 1 N–H and O–H groups in total. The summed E-state index contributed by atoms with van der Waals surface area (Å²) in [5, 5.41) is 3.54. The van der Waals surface area contributed by atoms with Gasteiger partial charge in [0.25, 0.3) is 0 Å². The Kier molecular flexibility index (Phi) is 4.63. The fraction of sp³-hybridized carbons (Fsp3) is 0.667. The first-order valence-corrected chi connectivity index (χ1v) is 8.24. The van der Waals surface area contributed by atoms with Gasteiger partial charge in [0.05, 0.1) is 12.2 Å². The molecule has 2 fully saturated rings. The SMILES string of the molecule is CCc1ccc(C(NC)C2CCOC3(CCOC3)C2)cc1. The third-order valence-corrected chi connectivity index (χ3v) is 5.13. The van der Waals surface area contributed by atoms with E-state index >= 15 is 0 Å². The molecule has 2 heterocycles. The third-order valence-electron chi connectivity index (χ3n) is 5.13. The molecule has 3 nitrogen and oxygen atoms in total. The Hall–Kier alpha value is -0.900. The van der Waals surface area contributed by atoms with E-state index in [0.29, 0.717) is 12.0 Å². The summed E-state index contributed by atoms with van der Waals surface area (Å²) in [5.41, 5.74) is 2.79. The van der Waals surface area contributed by atoms with Crippen LogP contribution in [0.25, 0.3) is 0 Å². The summed E-state index contributed by atoms with van der Waals surface area (Å²) in [6, 6.07) is 9.50. The lowest BCUT2D eigenvalue weighted by atomic mass is 9.79. The Labute approximate surface area is 128 Å². The molecule has 0 radical (unpaired) electrons. The Morgan fingerprint density at radius 3 is 2.71 bits per heavy atom. The summed E-state index contributed by atoms with van der Waals surface area (Å²) in [6.45, 7) is 4.68. The van der Waals surface area contributed by atoms with Crippen molar-refractivity contribution in [3.8, 4) is 0 Å². The predicted molar refractivity (Wildman–Crippen MR) is 84.5 cm³/mol. The van der Waals surface area contributed by atoms with E-state index in [4.69, 9.17) is 9.47 Å². The number of aryl methyl sites for hydroxylation is 1. The molecule has 3 atom stereocenters. The van der Waals surface area contributed by atoms with E-state index in [1.807, 2.05) is 0 Å². The number of hydrogen-bond acceptors (Lipinski definition) is 3. The Morgan fingerprint density at radius 1 is 1.29 bits per heavy atom. The number of rotatable bonds is 4. The van der Waals surface area contributed by atoms with Gasteiger partial charge in [-0.2, -0.15) is 0 Å². The highest BCUT2D eigenvalue weighted by molar-refractivity contribution is 5.25. The van der Waals surface area contributed by atoms with Crippen molar-refractivity contribution in [2.24, 2.45) is 5.92 Å². The fourth-order valence-corrected chi connectivity index (χ4v) is 3.85. The Morgan fingerprint density at radius 2 is 2.10 bits per heavy atom. The number of hydrogen-bond donors (Lipinski definition) is 1. The molecule has 21 heavy (non-hydrogen) atoms. The van der Waals surface area contributed by atoms with Gasteiger partial charge >= 0.3 is 0 Å². The molecular formula is C18H27NO2. The van der Waals surface area contributed by atoms with Crippen LogP contribution in [0.1, 0.15) is 43.4 Å². The van der Waals surface area contributed by atoms with Crippen molar-refractivity contribution >= 4 is 0 Å². The highest BCUT2D eigenvalue weighted by Gasteiger charge is 2.42. The Balaban J connectivity index is 1.75. The average molecular weight is 289 g/mol. The third kappa shape index (κ3) is 3.15. The fourth-order valence-electron chi connectivity index (χ4n) is 3.85. The van der Waals surface area contributed by atoms with Crippen LogP contribution in [-0.2, 0) is 15.9 Å². The lowest BCUT2D eigenvalue weighted by Crippen LogP contribution is -2.43. The molecule has 0 saturated carbocycles. The molecule has 116 valence electrons. The van der Waals surface area contributed by atoms with Gasteiger partial charge in [-0.05, 0) is 43.4 Å². The molecule has 0 bridgehead atoms. The summed E-state index contributed by atoms with van der Waals surface area (Å²) >= 11 is 0. The summed E-state index contributed by atoms with van der Waals surface area (Å²) < 4.78 is 11.7. The second-order valence-corrected chi connectivity index (χ2v) is 6.45. The van der Waals surface area contributed by atoms with Gasteiger partial charge in [-0.1, -0.05) is 31.2 Å². The first-order chi connectivity index (χ1) is 10.3. The van der Waals surface area contributed by atoms with Crippen LogP contribution in [0, 0.1) is 5.92 Å². The van der Waals surface area contributed by atoms with Crippen molar-refractivity contribution in [2.75, 3.05) is 26.9 Å². The monoisotopic (exact) mass is 289 g/mol. The van der Waals surface area contributed by atoms with E-state index in [1.54, 1.807) is 0 Å². The molecule has 0 aromatic heterocycles. The first-order valence-electron chi connectivity index (χ1n) is 8.24. The van der Waals surface area contributed by atoms with Crippen LogP contribution in [-0.4, -0.2) is 32.5 Å². The highest BCUT2D eigenvalue weighted by Crippen LogP contribution is 2.40. The topological polar surface area (TPSA) is 30.5 Å². The normalized spacial score (nSPS) is 30.7. The van der Waals surface area contributed by atoms with Crippen LogP contribution in [0.2, 0.25) is 0 Å². The predicted octanol–water partition coefficient (Wildman–Crippen LogP) is 3.10. The van der Waals surface area contributed by atoms with Crippen molar-refractivity contribution in [1.29, 1.82) is 0 Å². The molecule has 3 rings (SSSR count). The quantitative estimate of drug-likeness (QED) is 0.924. The van der Waals surface area contributed by atoms with Crippen LogP contribution in [0.15, 0.2) is 24.3 Å². The maximum absolute atomic E-state index is 6.07. The zero-order valence-corrected chi connectivity index (χ0v) is 13.2. The molecule has 1 aromatic carbocycles. The number of benzene rings is 1. The van der Waals surface area contributed by atoms with Crippen LogP contribution in [0.4, 0.5) is 0 Å². The van der Waals surface area contributed by atoms with Gasteiger partial charge in [0.1, 0.15) is 0 Å². The molecule has 3 heteroatoms. The molecule has 3 unspecified atom stereocenters. The minimum atomic E-state index is -0.0125. The van der Waals surface area contributed by atoms with Crippen LogP contribution >= 0.6 is 0 Å². The standard InChI is InChI=1S/C18H27NO2/c1-3-14-4-6-15(7-5-14)17(19-2)16-8-10-21-18(12-16)9-11-20-13-18/h4-7,16-17,19H,3,8-13H2,1-2H3. The van der Waals surface area contributed by atoms with E-state index in [2.05, 4.69) is 43.6 Å². The summed E-state index contributed by atoms with van der Waals surface area (Å²) in [6.07, 6.45) is 4.38. The van der Waals surface area contributed by atoms with Gasteiger partial charge in [0.15, 0.2) is 0 Å². The summed E-state index contributed by atoms with van der Waals surface area (Å²) in [4.78, 5) is 0. The molecule has 2 aliphatic rings. The molecular weight excluding hydrogens is 262 g/mol. The molecule has 2 saturated heterocycles. The lowest BCUT2D eigenvalue weighted by Gasteiger charge is -2.40. The van der Waals surface area contributed by atoms with Gasteiger partial charge in [-0.15, -0.1) is 0 Å². The number of ether oxygens (including phenoxy) is 2. The minimum Gasteiger partial charge on any atom is -0.378 e. The zero-order valence-electron chi connectivity index (χ0n) is 13.2. The summed E-state index contributed by atoms with van der Waals surface area (Å²) in [5.74, 6) is 0.623. The molecule has 0 aliphatic carbocycles. The van der Waals surface area contributed by atoms with Gasteiger partial charge in [-0.25, -0.2) is 0 Å².